The molecule has 0 bridgehead atoms. The van der Waals surface area contributed by atoms with Crippen molar-refractivity contribution in [1.29, 1.82) is 0 Å². The van der Waals surface area contributed by atoms with Crippen molar-refractivity contribution in [2.45, 2.75) is 53.5 Å². The molecule has 1 heterocycles. The van der Waals surface area contributed by atoms with Gasteiger partial charge < -0.3 is 0 Å². The molecule has 0 saturated heterocycles. The van der Waals surface area contributed by atoms with Gasteiger partial charge in [-0.3, -0.25) is 4.68 Å². The summed E-state index contributed by atoms with van der Waals surface area (Å²) in [6, 6.07) is 2.07. The minimum absolute atomic E-state index is 0.118. The first kappa shape index (κ1) is 12.2. The Morgan fingerprint density at radius 1 is 1.31 bits per heavy atom. The van der Waals surface area contributed by atoms with Crippen molar-refractivity contribution in [2.75, 3.05) is 0 Å². The first-order chi connectivity index (χ1) is 6.04. The molecule has 13 heavy (non-hydrogen) atoms. The first-order valence-electron chi connectivity index (χ1n) is 5.09. The van der Waals surface area contributed by atoms with Gasteiger partial charge in [-0.25, -0.2) is 0 Å². The molecule has 0 spiro atoms. The maximum atomic E-state index is 4.42. The van der Waals surface area contributed by atoms with Gasteiger partial charge in [0.05, 0.1) is 11.2 Å². The lowest BCUT2D eigenvalue weighted by Crippen LogP contribution is -2.22. The van der Waals surface area contributed by atoms with Gasteiger partial charge in [0.1, 0.15) is 0 Å². The van der Waals surface area contributed by atoms with Gasteiger partial charge in [-0.15, -0.1) is 0 Å². The molecule has 2 heteroatoms. The Balaban J connectivity index is 0.000000671. The van der Waals surface area contributed by atoms with Crippen LogP contribution in [0.5, 0.6) is 0 Å². The van der Waals surface area contributed by atoms with Gasteiger partial charge in [0.15, 0.2) is 0 Å². The lowest BCUT2D eigenvalue weighted by Gasteiger charge is -2.18. The monoisotopic (exact) mass is 182 g/mol. The Morgan fingerprint density at radius 3 is 2.08 bits per heavy atom. The molecule has 2 nitrogen and oxygen atoms in total. The summed E-state index contributed by atoms with van der Waals surface area (Å²) in [6.07, 6.45) is 3.06. The summed E-state index contributed by atoms with van der Waals surface area (Å²) in [7, 11) is 0. The number of rotatable bonds is 1. The fourth-order valence-corrected chi connectivity index (χ4v) is 0.924. The van der Waals surface area contributed by atoms with Crippen molar-refractivity contribution in [1.82, 2.24) is 9.78 Å². The van der Waals surface area contributed by atoms with Crippen LogP contribution in [-0.4, -0.2) is 9.78 Å². The molecular formula is C11H22N2. The van der Waals surface area contributed by atoms with Crippen LogP contribution >= 0.6 is 0 Å². The van der Waals surface area contributed by atoms with E-state index >= 15 is 0 Å². The molecule has 0 aromatic carbocycles. The molecule has 0 radical (unpaired) electrons. The number of hydrogen-bond donors (Lipinski definition) is 0. The van der Waals surface area contributed by atoms with Crippen molar-refractivity contribution in [3.05, 3.63) is 18.0 Å². The van der Waals surface area contributed by atoms with E-state index in [0.29, 0.717) is 0 Å². The van der Waals surface area contributed by atoms with Gasteiger partial charge in [0, 0.05) is 6.20 Å². The number of aromatic nitrogens is 2. The molecule has 0 aliphatic carbocycles. The van der Waals surface area contributed by atoms with Crippen LogP contribution in [0.15, 0.2) is 12.3 Å². The van der Waals surface area contributed by atoms with E-state index in [1.165, 1.54) is 5.69 Å². The summed E-state index contributed by atoms with van der Waals surface area (Å²) >= 11 is 0. The third-order valence-electron chi connectivity index (χ3n) is 1.69. The van der Waals surface area contributed by atoms with E-state index in [2.05, 4.69) is 38.9 Å². The van der Waals surface area contributed by atoms with Crippen LogP contribution in [0.25, 0.3) is 0 Å². The molecule has 1 rings (SSSR count). The third kappa shape index (κ3) is 3.62. The van der Waals surface area contributed by atoms with Gasteiger partial charge in [0.25, 0.3) is 0 Å². The Bertz CT molecular complexity index is 230. The summed E-state index contributed by atoms with van der Waals surface area (Å²) in [4.78, 5) is 0. The molecule has 0 saturated carbocycles. The van der Waals surface area contributed by atoms with Gasteiger partial charge >= 0.3 is 0 Å². The smallest absolute Gasteiger partial charge is 0.0622 e. The average Bonchev–Trinajstić information content (AvgIpc) is 2.54. The van der Waals surface area contributed by atoms with E-state index in [1.807, 2.05) is 24.7 Å². The SMILES string of the molecule is CC.CCc1ccn(C(C)(C)C)n1. The van der Waals surface area contributed by atoms with Crippen LogP contribution in [0, 0.1) is 0 Å². The third-order valence-corrected chi connectivity index (χ3v) is 1.69. The highest BCUT2D eigenvalue weighted by Crippen LogP contribution is 2.12. The Morgan fingerprint density at radius 2 is 1.85 bits per heavy atom. The molecule has 0 amide bonds. The van der Waals surface area contributed by atoms with Crippen LogP contribution in [0.1, 0.15) is 47.2 Å². The summed E-state index contributed by atoms with van der Waals surface area (Å²) < 4.78 is 2.01. The standard InChI is InChI=1S/C9H16N2.C2H6/c1-5-8-6-7-11(10-8)9(2,3)4;1-2/h6-7H,5H2,1-4H3;1-2H3. The minimum Gasteiger partial charge on any atom is -0.267 e. The van der Waals surface area contributed by atoms with Crippen molar-refractivity contribution >= 4 is 0 Å². The number of aryl methyl sites for hydroxylation is 1. The zero-order valence-corrected chi connectivity index (χ0v) is 9.76. The van der Waals surface area contributed by atoms with Crippen LogP contribution in [0.4, 0.5) is 0 Å². The van der Waals surface area contributed by atoms with E-state index in [0.717, 1.165) is 6.42 Å². The number of hydrogen-bond acceptors (Lipinski definition) is 1. The predicted octanol–water partition coefficient (Wildman–Crippen LogP) is 3.23. The summed E-state index contributed by atoms with van der Waals surface area (Å²) in [5, 5.41) is 4.42. The molecule has 0 unspecified atom stereocenters. The Hall–Kier alpha value is -0.790. The highest BCUT2D eigenvalue weighted by atomic mass is 15.3. The summed E-state index contributed by atoms with van der Waals surface area (Å²) in [5.74, 6) is 0. The van der Waals surface area contributed by atoms with Crippen LogP contribution in [0.3, 0.4) is 0 Å². The second kappa shape index (κ2) is 5.05. The van der Waals surface area contributed by atoms with Gasteiger partial charge in [-0.05, 0) is 33.3 Å². The molecular weight excluding hydrogens is 160 g/mol. The Kier molecular flexibility index (Phi) is 4.74. The van der Waals surface area contributed by atoms with Gasteiger partial charge in [-0.1, -0.05) is 20.8 Å². The van der Waals surface area contributed by atoms with E-state index in [9.17, 15) is 0 Å². The lowest BCUT2D eigenvalue weighted by molar-refractivity contribution is 0.353. The second-order valence-electron chi connectivity index (χ2n) is 3.78. The molecule has 1 aromatic heterocycles. The maximum absolute atomic E-state index is 4.42. The average molecular weight is 182 g/mol. The molecule has 0 aliphatic heterocycles. The van der Waals surface area contributed by atoms with Crippen LogP contribution in [-0.2, 0) is 12.0 Å². The summed E-state index contributed by atoms with van der Waals surface area (Å²) in [5.41, 5.74) is 1.29. The fraction of sp³-hybridized carbons (Fsp3) is 0.727. The second-order valence-corrected chi connectivity index (χ2v) is 3.78. The highest BCUT2D eigenvalue weighted by molar-refractivity contribution is 4.99. The first-order valence-corrected chi connectivity index (χ1v) is 5.09. The van der Waals surface area contributed by atoms with Crippen molar-refractivity contribution in [2.24, 2.45) is 0 Å². The Labute approximate surface area is 82.0 Å². The van der Waals surface area contributed by atoms with Crippen molar-refractivity contribution < 1.29 is 0 Å². The normalized spacial score (nSPS) is 10.6. The van der Waals surface area contributed by atoms with Crippen molar-refractivity contribution in [3.63, 3.8) is 0 Å². The topological polar surface area (TPSA) is 17.8 Å². The molecule has 0 fully saturated rings. The number of nitrogens with zero attached hydrogens (tertiary/aromatic N) is 2. The van der Waals surface area contributed by atoms with Crippen molar-refractivity contribution in [3.8, 4) is 0 Å². The zero-order chi connectivity index (χ0) is 10.5. The van der Waals surface area contributed by atoms with E-state index < -0.39 is 0 Å². The fourth-order valence-electron chi connectivity index (χ4n) is 0.924. The predicted molar refractivity (Wildman–Crippen MR) is 57.9 cm³/mol. The van der Waals surface area contributed by atoms with E-state index in [-0.39, 0.29) is 5.54 Å². The minimum atomic E-state index is 0.118. The lowest BCUT2D eigenvalue weighted by atomic mass is 10.1. The van der Waals surface area contributed by atoms with Gasteiger partial charge in [-0.2, -0.15) is 5.10 Å². The molecule has 0 aliphatic rings. The molecule has 76 valence electrons. The molecule has 0 N–H and O–H groups in total. The zero-order valence-electron chi connectivity index (χ0n) is 9.76. The van der Waals surface area contributed by atoms with E-state index in [1.54, 1.807) is 0 Å². The molecule has 1 aromatic rings. The quantitative estimate of drug-likeness (QED) is 0.652. The van der Waals surface area contributed by atoms with Gasteiger partial charge in [0.2, 0.25) is 0 Å². The largest absolute Gasteiger partial charge is 0.267 e. The summed E-state index contributed by atoms with van der Waals surface area (Å²) in [6.45, 7) is 12.6. The van der Waals surface area contributed by atoms with Crippen LogP contribution in [0.2, 0.25) is 0 Å². The molecule has 0 atom stereocenters. The van der Waals surface area contributed by atoms with Crippen LogP contribution < -0.4 is 0 Å². The maximum Gasteiger partial charge on any atom is 0.0622 e. The highest BCUT2D eigenvalue weighted by Gasteiger charge is 2.12. The van der Waals surface area contributed by atoms with E-state index in [4.69, 9.17) is 0 Å².